The Morgan fingerprint density at radius 3 is 1.74 bits per heavy atom. The summed E-state index contributed by atoms with van der Waals surface area (Å²) in [5.74, 6) is -1.69. The maximum Gasteiger partial charge on any atom is 1.00 e. The Hall–Kier alpha value is -3.93. The van der Waals surface area contributed by atoms with E-state index in [1.54, 1.807) is 69.3 Å². The number of carbonyl (C=O) groups excluding carboxylic acids is 2. The van der Waals surface area contributed by atoms with Gasteiger partial charge in [0, 0.05) is 51.8 Å². The van der Waals surface area contributed by atoms with Gasteiger partial charge in [-0.3, -0.25) is 20.3 Å². The number of fused-ring (bicyclic) bond motifs is 1. The SMILES string of the molecule is CC(=O)OC1CCN(S(=O)(=O)c2ccc(F)c(C(=Nc3ccccc3)NO)c2)CC1.CC(=O)OC1CCN(S(=O)(=O)c2ccc3onc(Cc4ccccc4)c3c2)CC1.CC(C)(C)[O-].[K+]. The van der Waals surface area contributed by atoms with Gasteiger partial charge in [-0.1, -0.05) is 74.5 Å². The first-order valence-corrected chi connectivity index (χ1v) is 23.4. The van der Waals surface area contributed by atoms with Crippen LogP contribution in [0.3, 0.4) is 0 Å². The number of aromatic nitrogens is 1. The van der Waals surface area contributed by atoms with Crippen LogP contribution in [0.4, 0.5) is 10.1 Å². The number of sulfonamides is 2. The molecule has 0 saturated carbocycles. The zero-order valence-corrected chi connectivity index (χ0v) is 42.0. The van der Waals surface area contributed by atoms with E-state index >= 15 is 0 Å². The first-order chi connectivity index (χ1) is 30.2. The molecule has 2 aliphatic heterocycles. The van der Waals surface area contributed by atoms with Gasteiger partial charge in [0.15, 0.2) is 11.4 Å². The molecule has 16 nitrogen and oxygen atoms in total. The molecule has 2 N–H and O–H groups in total. The number of nitrogens with zero attached hydrogens (tertiary/aromatic N) is 4. The second-order valence-corrected chi connectivity index (χ2v) is 19.9. The summed E-state index contributed by atoms with van der Waals surface area (Å²) in [5, 5.41) is 24.4. The second-order valence-electron chi connectivity index (χ2n) is 16.0. The minimum atomic E-state index is -3.91. The number of piperidine rings is 2. The van der Waals surface area contributed by atoms with Gasteiger partial charge in [0.2, 0.25) is 20.0 Å². The molecule has 7 rings (SSSR count). The van der Waals surface area contributed by atoms with Crippen LogP contribution in [0.25, 0.3) is 11.0 Å². The molecule has 3 heterocycles. The molecule has 0 aliphatic carbocycles. The maximum atomic E-state index is 14.4. The molecular weight excluding hydrogens is 909 g/mol. The van der Waals surface area contributed by atoms with E-state index in [0.717, 1.165) is 17.7 Å². The first kappa shape index (κ1) is 53.7. The monoisotopic (exact) mass is 961 g/mol. The van der Waals surface area contributed by atoms with Crippen molar-refractivity contribution >= 4 is 54.5 Å². The first-order valence-electron chi connectivity index (χ1n) is 20.6. The van der Waals surface area contributed by atoms with Crippen molar-refractivity contribution in [2.24, 2.45) is 4.99 Å². The van der Waals surface area contributed by atoms with Crippen LogP contribution in [0.1, 0.15) is 77.1 Å². The fraction of sp³-hybridized carbons (Fsp3) is 0.378. The summed E-state index contributed by atoms with van der Waals surface area (Å²) in [4.78, 5) is 26.4. The quantitative estimate of drug-likeness (QED) is 0.0677. The third-order valence-electron chi connectivity index (χ3n) is 9.77. The number of nitrogens with one attached hydrogen (secondary N) is 1. The Balaban J connectivity index is 0.000000254. The van der Waals surface area contributed by atoms with Crippen LogP contribution < -0.4 is 62.0 Å². The van der Waals surface area contributed by atoms with Crippen LogP contribution in [0.2, 0.25) is 0 Å². The number of benzene rings is 4. The van der Waals surface area contributed by atoms with E-state index in [9.17, 15) is 41.1 Å². The number of hydrogen-bond donors (Lipinski definition) is 2. The van der Waals surface area contributed by atoms with Gasteiger partial charge in [-0.15, -0.1) is 5.60 Å². The molecule has 0 amide bonds. The van der Waals surface area contributed by atoms with Gasteiger partial charge in [-0.25, -0.2) is 26.2 Å². The molecule has 2 saturated heterocycles. The molecule has 2 fully saturated rings. The summed E-state index contributed by atoms with van der Waals surface area (Å²) in [5.41, 5.74) is 3.70. The van der Waals surface area contributed by atoms with Crippen LogP contribution in [0, 0.1) is 5.82 Å². The van der Waals surface area contributed by atoms with Gasteiger partial charge in [-0.2, -0.15) is 8.61 Å². The molecule has 344 valence electrons. The summed E-state index contributed by atoms with van der Waals surface area (Å²) in [6.07, 6.45) is 1.77. The van der Waals surface area contributed by atoms with Crippen molar-refractivity contribution in [1.82, 2.24) is 19.2 Å². The van der Waals surface area contributed by atoms with Crippen LogP contribution in [0.15, 0.2) is 116 Å². The zero-order valence-electron chi connectivity index (χ0n) is 37.3. The normalized spacial score (nSPS) is 15.7. The molecule has 2 aliphatic rings. The molecule has 0 bridgehead atoms. The molecule has 5 aromatic rings. The zero-order chi connectivity index (χ0) is 46.7. The predicted molar refractivity (Wildman–Crippen MR) is 234 cm³/mol. The number of hydroxylamine groups is 1. The molecule has 1 aromatic heterocycles. The third kappa shape index (κ3) is 15.8. The van der Waals surface area contributed by atoms with Crippen LogP contribution in [-0.2, 0) is 45.5 Å². The van der Waals surface area contributed by atoms with E-state index in [2.05, 4.69) is 10.1 Å². The number of amidine groups is 1. The Kier molecular flexibility index (Phi) is 20.0. The van der Waals surface area contributed by atoms with Gasteiger partial charge in [-0.05, 0) is 79.8 Å². The summed E-state index contributed by atoms with van der Waals surface area (Å²) < 4.78 is 85.1. The number of carbonyl (C=O) groups is 2. The minimum absolute atomic E-state index is 0. The van der Waals surface area contributed by atoms with Gasteiger partial charge in [0.05, 0.1) is 26.7 Å². The van der Waals surface area contributed by atoms with Crippen LogP contribution >= 0.6 is 0 Å². The van der Waals surface area contributed by atoms with Gasteiger partial charge in [0.25, 0.3) is 0 Å². The topological polar surface area (TPSA) is 221 Å². The van der Waals surface area contributed by atoms with Gasteiger partial charge < -0.3 is 19.1 Å². The molecule has 20 heteroatoms. The Morgan fingerprint density at radius 1 is 0.800 bits per heavy atom. The number of halogens is 1. The predicted octanol–water partition coefficient (Wildman–Crippen LogP) is 2.88. The Morgan fingerprint density at radius 2 is 1.26 bits per heavy atom. The Bertz CT molecular complexity index is 2610. The average Bonchev–Trinajstić information content (AvgIpc) is 3.65. The number of ether oxygens (including phenoxy) is 2. The number of aliphatic imine (C=N–C) groups is 1. The average molecular weight is 962 g/mol. The molecule has 0 radical (unpaired) electrons. The molecule has 65 heavy (non-hydrogen) atoms. The van der Waals surface area contributed by atoms with Crippen molar-refractivity contribution < 1.29 is 107 Å². The largest absolute Gasteiger partial charge is 1.00 e. The van der Waals surface area contributed by atoms with Crippen molar-refractivity contribution in [3.63, 3.8) is 0 Å². The van der Waals surface area contributed by atoms with Gasteiger partial charge >= 0.3 is 63.3 Å². The van der Waals surface area contributed by atoms with E-state index in [0.29, 0.717) is 67.5 Å². The molecule has 0 spiro atoms. The number of esters is 2. The fourth-order valence-electron chi connectivity index (χ4n) is 6.82. The van der Waals surface area contributed by atoms with Crippen LogP contribution in [0.5, 0.6) is 0 Å². The smallest absolute Gasteiger partial charge is 0.850 e. The summed E-state index contributed by atoms with van der Waals surface area (Å²) >= 11 is 0. The Labute approximate surface area is 421 Å². The van der Waals surface area contributed by atoms with E-state index in [1.165, 1.54) is 28.5 Å². The third-order valence-corrected chi connectivity index (χ3v) is 13.6. The van der Waals surface area contributed by atoms with Crippen LogP contribution in [-0.4, -0.2) is 97.6 Å². The van der Waals surface area contributed by atoms with E-state index in [-0.39, 0.29) is 104 Å². The van der Waals surface area contributed by atoms with E-state index in [1.807, 2.05) is 35.8 Å². The minimum Gasteiger partial charge on any atom is -0.850 e. The standard InChI is InChI=1S/C21H22N2O5S.C20H22FN3O5S.C4H9O.K/c1-15(24)27-17-9-11-23(12-10-17)29(25,26)18-7-8-21-19(14-18)20(22-28-21)13-16-5-3-2-4-6-16;1-14(25)29-16-9-11-24(12-10-16)30(27,28)17-7-8-19(21)18(13-17)20(23-26)22-15-5-3-2-4-6-15;1-4(2,3)5;/h2-8,14,17H,9-13H2,1H3;2-8,13,16,26H,9-12H2,1H3,(H,22,23);1-3H3;/q;;-1;+1. The number of hydrogen-bond acceptors (Lipinski definition) is 13. The van der Waals surface area contributed by atoms with Crippen molar-refractivity contribution in [3.8, 4) is 0 Å². The number of rotatable bonds is 10. The molecular formula is C45H53FKN5O11S2. The molecule has 0 unspecified atom stereocenters. The number of para-hydroxylation sites is 1. The molecule has 4 aromatic carbocycles. The van der Waals surface area contributed by atoms with Crippen molar-refractivity contribution in [2.45, 2.75) is 94.3 Å². The summed E-state index contributed by atoms with van der Waals surface area (Å²) in [7, 11) is -7.56. The van der Waals surface area contributed by atoms with E-state index < -0.39 is 37.4 Å². The van der Waals surface area contributed by atoms with Crippen molar-refractivity contribution in [2.75, 3.05) is 26.2 Å². The van der Waals surface area contributed by atoms with E-state index in [4.69, 9.17) is 14.0 Å². The summed E-state index contributed by atoms with van der Waals surface area (Å²) in [6.45, 7) is 8.56. The van der Waals surface area contributed by atoms with Crippen molar-refractivity contribution in [1.29, 1.82) is 0 Å². The van der Waals surface area contributed by atoms with Gasteiger partial charge in [0.1, 0.15) is 18.0 Å². The molecule has 0 atom stereocenters. The van der Waals surface area contributed by atoms with Crippen molar-refractivity contribution in [3.05, 3.63) is 120 Å². The summed E-state index contributed by atoms with van der Waals surface area (Å²) in [6, 6.07) is 26.5. The second kappa shape index (κ2) is 24.2. The fourth-order valence-corrected chi connectivity index (χ4v) is 9.81. The maximum absolute atomic E-state index is 14.4.